The molecule has 0 aliphatic carbocycles. The first-order chi connectivity index (χ1) is 11.2. The van der Waals surface area contributed by atoms with Crippen molar-refractivity contribution in [2.75, 3.05) is 18.8 Å². The summed E-state index contributed by atoms with van der Waals surface area (Å²) in [6, 6.07) is 5.23. The van der Waals surface area contributed by atoms with E-state index in [2.05, 4.69) is 21.2 Å². The fourth-order valence-corrected chi connectivity index (χ4v) is 2.88. The topological polar surface area (TPSA) is 84.7 Å². The molecule has 1 saturated heterocycles. The fraction of sp³-hybridized carbons (Fsp3) is 0.529. The predicted molar refractivity (Wildman–Crippen MR) is 96.8 cm³/mol. The number of ether oxygens (including phenoxy) is 1. The maximum absolute atomic E-state index is 12.4. The number of amides is 2. The van der Waals surface area contributed by atoms with Crippen LogP contribution >= 0.6 is 15.9 Å². The zero-order valence-corrected chi connectivity index (χ0v) is 15.9. The van der Waals surface area contributed by atoms with Crippen LogP contribution in [0.15, 0.2) is 22.7 Å². The molecule has 0 aromatic heterocycles. The van der Waals surface area contributed by atoms with Crippen molar-refractivity contribution in [2.45, 2.75) is 45.3 Å². The second kappa shape index (κ2) is 7.42. The van der Waals surface area contributed by atoms with Crippen LogP contribution in [0.5, 0.6) is 0 Å². The van der Waals surface area contributed by atoms with Crippen LogP contribution in [0, 0.1) is 0 Å². The lowest BCUT2D eigenvalue weighted by molar-refractivity contribution is 0.0199. The Labute approximate surface area is 150 Å². The molecule has 0 radical (unpaired) electrons. The summed E-state index contributed by atoms with van der Waals surface area (Å²) in [6.07, 6.45) is 1.08. The molecule has 6 nitrogen and oxygen atoms in total. The van der Waals surface area contributed by atoms with E-state index < -0.39 is 5.60 Å². The third-order valence-electron chi connectivity index (χ3n) is 3.74. The van der Waals surface area contributed by atoms with E-state index in [-0.39, 0.29) is 18.0 Å². The Bertz CT molecular complexity index is 620. The van der Waals surface area contributed by atoms with Crippen molar-refractivity contribution in [3.63, 3.8) is 0 Å². The largest absolute Gasteiger partial charge is 0.444 e. The number of anilines is 1. The average Bonchev–Trinajstić information content (AvgIpc) is 2.48. The number of hydrogen-bond donors (Lipinski definition) is 2. The van der Waals surface area contributed by atoms with Gasteiger partial charge in [0.25, 0.3) is 5.91 Å². The second-order valence-corrected chi connectivity index (χ2v) is 7.86. The fourth-order valence-electron chi connectivity index (χ4n) is 2.52. The molecule has 0 saturated carbocycles. The summed E-state index contributed by atoms with van der Waals surface area (Å²) in [5.74, 6) is -0.190. The number of hydrogen-bond acceptors (Lipinski definition) is 4. The number of likely N-dealkylation sites (tertiary alicyclic amines) is 1. The van der Waals surface area contributed by atoms with Crippen molar-refractivity contribution in [3.05, 3.63) is 28.2 Å². The van der Waals surface area contributed by atoms with Gasteiger partial charge < -0.3 is 20.7 Å². The molecule has 0 unspecified atom stereocenters. The monoisotopic (exact) mass is 397 g/mol. The molecule has 1 aromatic rings. The number of piperidine rings is 1. The maximum Gasteiger partial charge on any atom is 0.410 e. The molecule has 132 valence electrons. The predicted octanol–water partition coefficient (Wildman–Crippen LogP) is 3.16. The number of nitrogens with two attached hydrogens (primary N) is 1. The van der Waals surface area contributed by atoms with Crippen LogP contribution in [-0.2, 0) is 4.74 Å². The van der Waals surface area contributed by atoms with Gasteiger partial charge in [-0.2, -0.15) is 0 Å². The van der Waals surface area contributed by atoms with Gasteiger partial charge in [0.1, 0.15) is 5.60 Å². The molecule has 2 amide bonds. The van der Waals surface area contributed by atoms with E-state index >= 15 is 0 Å². The van der Waals surface area contributed by atoms with Gasteiger partial charge in [-0.05, 0) is 51.8 Å². The highest BCUT2D eigenvalue weighted by atomic mass is 79.9. The number of nitrogen functional groups attached to an aromatic ring is 1. The normalized spacial score (nSPS) is 15.9. The molecule has 1 aliphatic heterocycles. The van der Waals surface area contributed by atoms with Crippen molar-refractivity contribution >= 4 is 33.6 Å². The van der Waals surface area contributed by atoms with Crippen molar-refractivity contribution in [1.82, 2.24) is 10.2 Å². The summed E-state index contributed by atoms with van der Waals surface area (Å²) < 4.78 is 6.18. The molecule has 1 aliphatic rings. The van der Waals surface area contributed by atoms with E-state index in [1.54, 1.807) is 23.1 Å². The molecule has 2 rings (SSSR count). The van der Waals surface area contributed by atoms with E-state index in [4.69, 9.17) is 10.5 Å². The van der Waals surface area contributed by atoms with E-state index in [0.29, 0.717) is 37.2 Å². The second-order valence-electron chi connectivity index (χ2n) is 6.95. The lowest BCUT2D eigenvalue weighted by Crippen LogP contribution is -2.47. The molecule has 3 N–H and O–H groups in total. The van der Waals surface area contributed by atoms with E-state index in [0.717, 1.165) is 4.47 Å². The number of carbonyl (C=O) groups excluding carboxylic acids is 2. The molecule has 0 atom stereocenters. The Hall–Kier alpha value is -1.76. The molecule has 1 fully saturated rings. The van der Waals surface area contributed by atoms with Crippen molar-refractivity contribution in [1.29, 1.82) is 0 Å². The third-order valence-corrected chi connectivity index (χ3v) is 4.24. The van der Waals surface area contributed by atoms with Gasteiger partial charge in [-0.15, -0.1) is 0 Å². The van der Waals surface area contributed by atoms with Crippen LogP contribution in [0.4, 0.5) is 10.5 Å². The van der Waals surface area contributed by atoms with Crippen LogP contribution in [0.2, 0.25) is 0 Å². The number of nitrogens with one attached hydrogen (secondary N) is 1. The Morgan fingerprint density at radius 1 is 1.29 bits per heavy atom. The summed E-state index contributed by atoms with van der Waals surface area (Å²) in [7, 11) is 0. The van der Waals surface area contributed by atoms with Crippen LogP contribution in [0.25, 0.3) is 0 Å². The lowest BCUT2D eigenvalue weighted by Gasteiger charge is -2.33. The highest BCUT2D eigenvalue weighted by Gasteiger charge is 2.27. The third kappa shape index (κ3) is 5.12. The van der Waals surface area contributed by atoms with Gasteiger partial charge in [-0.1, -0.05) is 15.9 Å². The highest BCUT2D eigenvalue weighted by molar-refractivity contribution is 9.10. The van der Waals surface area contributed by atoms with Gasteiger partial charge in [0, 0.05) is 29.3 Å². The standard InChI is InChI=1S/C17H24BrN3O3/c1-17(2,3)24-16(23)21-8-6-12(7-9-21)20-15(22)13-10-11(18)4-5-14(13)19/h4-5,10,12H,6-9,19H2,1-3H3,(H,20,22). The molecule has 1 heterocycles. The molecule has 24 heavy (non-hydrogen) atoms. The molecule has 0 spiro atoms. The van der Waals surface area contributed by atoms with E-state index in [9.17, 15) is 9.59 Å². The van der Waals surface area contributed by atoms with Gasteiger partial charge in [0.05, 0.1) is 5.56 Å². The van der Waals surface area contributed by atoms with Gasteiger partial charge in [0.15, 0.2) is 0 Å². The number of benzene rings is 1. The zero-order valence-electron chi connectivity index (χ0n) is 14.3. The van der Waals surface area contributed by atoms with Crippen molar-refractivity contribution < 1.29 is 14.3 Å². The number of carbonyl (C=O) groups is 2. The quantitative estimate of drug-likeness (QED) is 0.750. The summed E-state index contributed by atoms with van der Waals surface area (Å²) in [5.41, 5.74) is 6.27. The average molecular weight is 398 g/mol. The van der Waals surface area contributed by atoms with Gasteiger partial charge in [0.2, 0.25) is 0 Å². The molecular weight excluding hydrogens is 374 g/mol. The first-order valence-corrected chi connectivity index (χ1v) is 8.79. The van der Waals surface area contributed by atoms with E-state index in [1.165, 1.54) is 0 Å². The number of halogens is 1. The summed E-state index contributed by atoms with van der Waals surface area (Å²) in [4.78, 5) is 26.1. The summed E-state index contributed by atoms with van der Waals surface area (Å²) >= 11 is 3.34. The highest BCUT2D eigenvalue weighted by Crippen LogP contribution is 2.20. The minimum Gasteiger partial charge on any atom is -0.444 e. The minimum absolute atomic E-state index is 0.0227. The van der Waals surface area contributed by atoms with Crippen LogP contribution < -0.4 is 11.1 Å². The smallest absolute Gasteiger partial charge is 0.410 e. The molecule has 1 aromatic carbocycles. The van der Waals surface area contributed by atoms with E-state index in [1.807, 2.05) is 20.8 Å². The molecule has 0 bridgehead atoms. The SMILES string of the molecule is CC(C)(C)OC(=O)N1CCC(NC(=O)c2cc(Br)ccc2N)CC1. The summed E-state index contributed by atoms with van der Waals surface area (Å²) in [6.45, 7) is 6.67. The van der Waals surface area contributed by atoms with Crippen LogP contribution in [0.1, 0.15) is 44.0 Å². The molecule has 7 heteroatoms. The van der Waals surface area contributed by atoms with Crippen molar-refractivity contribution in [3.8, 4) is 0 Å². The first kappa shape index (κ1) is 18.6. The Morgan fingerprint density at radius 3 is 2.50 bits per heavy atom. The van der Waals surface area contributed by atoms with Gasteiger partial charge in [-0.3, -0.25) is 4.79 Å². The Balaban J connectivity index is 1.88. The lowest BCUT2D eigenvalue weighted by atomic mass is 10.0. The maximum atomic E-state index is 12.4. The Kier molecular flexibility index (Phi) is 5.74. The molecular formula is C17H24BrN3O3. The summed E-state index contributed by atoms with van der Waals surface area (Å²) in [5, 5.41) is 2.99. The van der Waals surface area contributed by atoms with Crippen molar-refractivity contribution in [2.24, 2.45) is 0 Å². The zero-order chi connectivity index (χ0) is 17.9. The number of nitrogens with zero attached hydrogens (tertiary/aromatic N) is 1. The van der Waals surface area contributed by atoms with Gasteiger partial charge in [-0.25, -0.2) is 4.79 Å². The first-order valence-electron chi connectivity index (χ1n) is 7.99. The van der Waals surface area contributed by atoms with Gasteiger partial charge >= 0.3 is 6.09 Å². The number of rotatable bonds is 2. The van der Waals surface area contributed by atoms with Crippen LogP contribution in [-0.4, -0.2) is 41.6 Å². The van der Waals surface area contributed by atoms with Crippen LogP contribution in [0.3, 0.4) is 0 Å². The Morgan fingerprint density at radius 2 is 1.92 bits per heavy atom. The minimum atomic E-state index is -0.500.